The molecular weight excluding hydrogens is 350 g/mol. The van der Waals surface area contributed by atoms with Crippen LogP contribution in [0.1, 0.15) is 28.4 Å². The van der Waals surface area contributed by atoms with Crippen LogP contribution in [0.25, 0.3) is 0 Å². The molecule has 0 radical (unpaired) electrons. The normalized spacial score (nSPS) is 11.4. The third-order valence-electron chi connectivity index (χ3n) is 4.01. The Bertz CT molecular complexity index is 1010. The van der Waals surface area contributed by atoms with Gasteiger partial charge in [0.2, 0.25) is 10.0 Å². The Labute approximate surface area is 152 Å². The van der Waals surface area contributed by atoms with Crippen LogP contribution in [0.2, 0.25) is 0 Å². The number of hydrogen-bond donors (Lipinski definition) is 1. The summed E-state index contributed by atoms with van der Waals surface area (Å²) < 4.78 is 29.5. The molecule has 0 saturated carbocycles. The lowest BCUT2D eigenvalue weighted by Crippen LogP contribution is -2.24. The van der Waals surface area contributed by atoms with Gasteiger partial charge in [-0.2, -0.15) is 5.10 Å². The molecule has 0 aliphatic carbocycles. The molecular formula is C19H19N3O3S. The van der Waals surface area contributed by atoms with Crippen LogP contribution >= 0.6 is 0 Å². The smallest absolute Gasteiger partial charge is 0.240 e. The molecule has 2 aromatic carbocycles. The van der Waals surface area contributed by atoms with Gasteiger partial charge in [-0.1, -0.05) is 36.4 Å². The van der Waals surface area contributed by atoms with Crippen molar-refractivity contribution in [3.63, 3.8) is 0 Å². The third-order valence-corrected chi connectivity index (χ3v) is 5.41. The fourth-order valence-electron chi connectivity index (χ4n) is 2.59. The number of ketones is 1. The summed E-state index contributed by atoms with van der Waals surface area (Å²) in [5.74, 6) is -0.174. The molecule has 0 saturated heterocycles. The van der Waals surface area contributed by atoms with E-state index in [0.29, 0.717) is 12.1 Å². The van der Waals surface area contributed by atoms with Gasteiger partial charge in [0.15, 0.2) is 5.78 Å². The maximum Gasteiger partial charge on any atom is 0.240 e. The Kier molecular flexibility index (Phi) is 5.29. The first-order chi connectivity index (χ1) is 12.5. The number of carbonyl (C=O) groups excluding carboxylic acids is 1. The summed E-state index contributed by atoms with van der Waals surface area (Å²) in [7, 11) is -3.72. The van der Waals surface area contributed by atoms with E-state index in [9.17, 15) is 13.2 Å². The molecule has 1 heterocycles. The van der Waals surface area contributed by atoms with Crippen LogP contribution < -0.4 is 4.72 Å². The Hall–Kier alpha value is -2.77. The first kappa shape index (κ1) is 18.0. The van der Waals surface area contributed by atoms with Crippen LogP contribution in [-0.4, -0.2) is 24.0 Å². The van der Waals surface area contributed by atoms with E-state index >= 15 is 0 Å². The lowest BCUT2D eigenvalue weighted by Gasteiger charge is -2.12. The fraction of sp³-hybridized carbons (Fsp3) is 0.158. The third kappa shape index (κ3) is 4.25. The van der Waals surface area contributed by atoms with Gasteiger partial charge < -0.3 is 0 Å². The van der Waals surface area contributed by atoms with Crippen molar-refractivity contribution in [1.29, 1.82) is 0 Å². The van der Waals surface area contributed by atoms with Gasteiger partial charge >= 0.3 is 0 Å². The average molecular weight is 369 g/mol. The predicted molar refractivity (Wildman–Crippen MR) is 98.2 cm³/mol. The van der Waals surface area contributed by atoms with Gasteiger partial charge in [0.1, 0.15) is 0 Å². The van der Waals surface area contributed by atoms with Gasteiger partial charge in [-0.05, 0) is 36.2 Å². The summed E-state index contributed by atoms with van der Waals surface area (Å²) >= 11 is 0. The number of hydrogen-bond acceptors (Lipinski definition) is 4. The molecule has 0 aliphatic heterocycles. The van der Waals surface area contributed by atoms with E-state index in [1.807, 2.05) is 36.5 Å². The van der Waals surface area contributed by atoms with E-state index in [-0.39, 0.29) is 17.2 Å². The minimum absolute atomic E-state index is 0.0785. The molecule has 0 spiro atoms. The van der Waals surface area contributed by atoms with Crippen LogP contribution in [0, 0.1) is 0 Å². The topological polar surface area (TPSA) is 81.1 Å². The zero-order valence-corrected chi connectivity index (χ0v) is 15.1. The van der Waals surface area contributed by atoms with E-state index in [2.05, 4.69) is 9.82 Å². The first-order valence-electron chi connectivity index (χ1n) is 8.10. The van der Waals surface area contributed by atoms with Crippen molar-refractivity contribution in [3.05, 3.63) is 83.7 Å². The molecule has 0 unspecified atom stereocenters. The van der Waals surface area contributed by atoms with E-state index in [0.717, 1.165) is 11.1 Å². The van der Waals surface area contributed by atoms with Crippen molar-refractivity contribution in [1.82, 2.24) is 14.5 Å². The molecule has 0 amide bonds. The van der Waals surface area contributed by atoms with E-state index in [1.54, 1.807) is 23.0 Å². The van der Waals surface area contributed by atoms with E-state index in [4.69, 9.17) is 0 Å². The predicted octanol–water partition coefficient (Wildman–Crippen LogP) is 2.61. The molecule has 26 heavy (non-hydrogen) atoms. The van der Waals surface area contributed by atoms with Crippen molar-refractivity contribution in [2.45, 2.75) is 24.9 Å². The Balaban J connectivity index is 1.78. The highest BCUT2D eigenvalue weighted by molar-refractivity contribution is 7.89. The van der Waals surface area contributed by atoms with Crippen molar-refractivity contribution in [2.24, 2.45) is 0 Å². The maximum atomic E-state index is 12.6. The minimum Gasteiger partial charge on any atom is -0.295 e. The number of Topliss-reactive ketones (excluding diaryl/α,β-unsaturated/α-hetero) is 1. The number of aromatic nitrogens is 2. The molecule has 0 aliphatic rings. The summed E-state index contributed by atoms with van der Waals surface area (Å²) in [6.07, 6.45) is 3.56. The maximum absolute atomic E-state index is 12.6. The zero-order valence-electron chi connectivity index (χ0n) is 14.3. The van der Waals surface area contributed by atoms with Crippen LogP contribution in [0.5, 0.6) is 0 Å². The monoisotopic (exact) mass is 369 g/mol. The standard InChI is InChI=1S/C19H19N3O3S/c1-15(23)16-8-4-9-19(12-16)26(24,25)21-13-17-6-2-3-7-18(17)14-22-11-5-10-20-22/h2-12,21H,13-14H2,1H3. The van der Waals surface area contributed by atoms with Crippen LogP contribution in [-0.2, 0) is 23.1 Å². The van der Waals surface area contributed by atoms with Crippen molar-refractivity contribution < 1.29 is 13.2 Å². The highest BCUT2D eigenvalue weighted by Crippen LogP contribution is 2.15. The molecule has 1 N–H and O–H groups in total. The van der Waals surface area contributed by atoms with Crippen LogP contribution in [0.4, 0.5) is 0 Å². The van der Waals surface area contributed by atoms with Crippen LogP contribution in [0.3, 0.4) is 0 Å². The largest absolute Gasteiger partial charge is 0.295 e. The van der Waals surface area contributed by atoms with Gasteiger partial charge in [0, 0.05) is 24.5 Å². The highest BCUT2D eigenvalue weighted by Gasteiger charge is 2.16. The highest BCUT2D eigenvalue weighted by atomic mass is 32.2. The van der Waals surface area contributed by atoms with E-state index < -0.39 is 10.0 Å². The summed E-state index contributed by atoms with van der Waals surface area (Å²) in [4.78, 5) is 11.6. The Morgan fingerprint density at radius 3 is 2.54 bits per heavy atom. The molecule has 3 rings (SSSR count). The number of nitrogens with one attached hydrogen (secondary N) is 1. The van der Waals surface area contributed by atoms with Gasteiger partial charge in [0.25, 0.3) is 0 Å². The summed E-state index contributed by atoms with van der Waals surface area (Å²) in [6, 6.07) is 15.5. The Morgan fingerprint density at radius 2 is 1.85 bits per heavy atom. The molecule has 134 valence electrons. The zero-order chi connectivity index (χ0) is 18.6. The van der Waals surface area contributed by atoms with E-state index in [1.165, 1.54) is 19.1 Å². The SMILES string of the molecule is CC(=O)c1cccc(S(=O)(=O)NCc2ccccc2Cn2cccn2)c1. The quantitative estimate of drug-likeness (QED) is 0.649. The number of sulfonamides is 1. The molecule has 3 aromatic rings. The number of benzene rings is 2. The molecule has 0 bridgehead atoms. The minimum atomic E-state index is -3.72. The number of rotatable bonds is 7. The van der Waals surface area contributed by atoms with Gasteiger partial charge in [0.05, 0.1) is 11.4 Å². The van der Waals surface area contributed by atoms with Gasteiger partial charge in [-0.3, -0.25) is 9.48 Å². The second kappa shape index (κ2) is 7.63. The average Bonchev–Trinajstić information content (AvgIpc) is 3.14. The summed E-state index contributed by atoms with van der Waals surface area (Å²) in [6.45, 7) is 2.12. The van der Waals surface area contributed by atoms with Crippen molar-refractivity contribution >= 4 is 15.8 Å². The molecule has 0 atom stereocenters. The first-order valence-corrected chi connectivity index (χ1v) is 9.59. The van der Waals surface area contributed by atoms with Crippen LogP contribution in [0.15, 0.2) is 71.9 Å². The van der Waals surface area contributed by atoms with Gasteiger partial charge in [-0.15, -0.1) is 0 Å². The molecule has 7 heteroatoms. The fourth-order valence-corrected chi connectivity index (χ4v) is 3.64. The summed E-state index contributed by atoms with van der Waals surface area (Å²) in [5, 5.41) is 4.18. The van der Waals surface area contributed by atoms with Crippen molar-refractivity contribution in [3.8, 4) is 0 Å². The second-order valence-corrected chi connectivity index (χ2v) is 7.65. The lowest BCUT2D eigenvalue weighted by molar-refractivity contribution is 0.101. The molecule has 0 fully saturated rings. The Morgan fingerprint density at radius 1 is 1.08 bits per heavy atom. The summed E-state index contributed by atoms with van der Waals surface area (Å²) in [5.41, 5.74) is 2.22. The van der Waals surface area contributed by atoms with Gasteiger partial charge in [-0.25, -0.2) is 13.1 Å². The molecule has 6 nitrogen and oxygen atoms in total. The number of nitrogens with zero attached hydrogens (tertiary/aromatic N) is 2. The van der Waals surface area contributed by atoms with Crippen molar-refractivity contribution in [2.75, 3.05) is 0 Å². The number of carbonyl (C=O) groups is 1. The second-order valence-electron chi connectivity index (χ2n) is 5.88. The molecule has 1 aromatic heterocycles. The lowest BCUT2D eigenvalue weighted by atomic mass is 10.1.